The maximum atomic E-state index is 11.0. The van der Waals surface area contributed by atoms with E-state index < -0.39 is 5.91 Å². The Hall–Kier alpha value is -1.84. The van der Waals surface area contributed by atoms with Crippen LogP contribution in [0.25, 0.3) is 0 Å². The molecule has 0 saturated heterocycles. The number of carbonyl (C=O) groups is 1. The van der Waals surface area contributed by atoms with Crippen LogP contribution in [0.4, 0.5) is 0 Å². The molecule has 0 unspecified atom stereocenters. The molecule has 1 atom stereocenters. The number of amides is 1. The molecule has 4 heteroatoms. The summed E-state index contributed by atoms with van der Waals surface area (Å²) >= 11 is 6.17. The topological polar surface area (TPSA) is 55.1 Å². The fourth-order valence-corrected chi connectivity index (χ4v) is 2.29. The van der Waals surface area contributed by atoms with Crippen molar-refractivity contribution in [2.45, 2.75) is 19.5 Å². The smallest absolute Gasteiger partial charge is 0.248 e. The van der Waals surface area contributed by atoms with E-state index in [2.05, 4.69) is 12.2 Å². The Morgan fingerprint density at radius 2 is 1.85 bits per heavy atom. The second-order valence-electron chi connectivity index (χ2n) is 4.69. The first-order valence-corrected chi connectivity index (χ1v) is 6.82. The van der Waals surface area contributed by atoms with E-state index in [4.69, 9.17) is 17.3 Å². The molecule has 0 spiro atoms. The molecule has 2 aromatic carbocycles. The molecule has 0 fully saturated rings. The highest BCUT2D eigenvalue weighted by molar-refractivity contribution is 6.31. The van der Waals surface area contributed by atoms with Crippen molar-refractivity contribution < 1.29 is 4.79 Å². The number of halogens is 1. The summed E-state index contributed by atoms with van der Waals surface area (Å²) in [6.45, 7) is 2.77. The van der Waals surface area contributed by atoms with Crippen molar-refractivity contribution in [2.24, 2.45) is 5.73 Å². The lowest BCUT2D eigenvalue weighted by Crippen LogP contribution is -2.18. The van der Waals surface area contributed by atoms with Gasteiger partial charge in [0.25, 0.3) is 0 Å². The van der Waals surface area contributed by atoms with Gasteiger partial charge in [0.05, 0.1) is 0 Å². The van der Waals surface area contributed by atoms with Gasteiger partial charge in [-0.1, -0.05) is 41.9 Å². The van der Waals surface area contributed by atoms with Crippen molar-refractivity contribution in [3.8, 4) is 0 Å². The third kappa shape index (κ3) is 3.59. The zero-order valence-electron chi connectivity index (χ0n) is 11.3. The highest BCUT2D eigenvalue weighted by atomic mass is 35.5. The molecule has 20 heavy (non-hydrogen) atoms. The van der Waals surface area contributed by atoms with Crippen LogP contribution in [0, 0.1) is 0 Å². The number of hydrogen-bond donors (Lipinski definition) is 2. The van der Waals surface area contributed by atoms with Gasteiger partial charge >= 0.3 is 0 Å². The lowest BCUT2D eigenvalue weighted by molar-refractivity contribution is 0.100. The van der Waals surface area contributed by atoms with E-state index >= 15 is 0 Å². The van der Waals surface area contributed by atoms with Gasteiger partial charge < -0.3 is 11.1 Å². The van der Waals surface area contributed by atoms with Gasteiger partial charge in [0, 0.05) is 23.2 Å². The number of nitrogens with two attached hydrogens (primary N) is 1. The van der Waals surface area contributed by atoms with Crippen LogP contribution in [0.5, 0.6) is 0 Å². The molecule has 0 bridgehead atoms. The Kier molecular flexibility index (Phi) is 4.77. The predicted octanol–water partition coefficient (Wildman–Crippen LogP) is 3.29. The molecule has 0 aliphatic carbocycles. The summed E-state index contributed by atoms with van der Waals surface area (Å²) in [6, 6.07) is 15.2. The third-order valence-corrected chi connectivity index (χ3v) is 3.57. The molecule has 3 N–H and O–H groups in total. The first-order chi connectivity index (χ1) is 9.58. The highest BCUT2D eigenvalue weighted by Crippen LogP contribution is 2.22. The summed E-state index contributed by atoms with van der Waals surface area (Å²) < 4.78 is 0. The minimum absolute atomic E-state index is 0.152. The summed E-state index contributed by atoms with van der Waals surface area (Å²) in [5.74, 6) is -0.408. The van der Waals surface area contributed by atoms with E-state index in [1.54, 1.807) is 12.1 Å². The van der Waals surface area contributed by atoms with Crippen LogP contribution in [-0.4, -0.2) is 5.91 Å². The Bertz CT molecular complexity index is 596. The normalized spacial score (nSPS) is 12.1. The average Bonchev–Trinajstić information content (AvgIpc) is 2.45. The van der Waals surface area contributed by atoms with Crippen molar-refractivity contribution in [3.05, 3.63) is 70.2 Å². The number of benzene rings is 2. The highest BCUT2D eigenvalue weighted by Gasteiger charge is 2.08. The van der Waals surface area contributed by atoms with Crippen LogP contribution in [0.2, 0.25) is 5.02 Å². The second kappa shape index (κ2) is 6.55. The largest absolute Gasteiger partial charge is 0.366 e. The molecular weight excluding hydrogens is 272 g/mol. The van der Waals surface area contributed by atoms with Crippen molar-refractivity contribution >= 4 is 17.5 Å². The minimum Gasteiger partial charge on any atom is -0.366 e. The number of hydrogen-bond acceptors (Lipinski definition) is 2. The molecule has 104 valence electrons. The summed E-state index contributed by atoms with van der Waals surface area (Å²) in [6.07, 6.45) is 0. The number of nitrogens with one attached hydrogen (secondary N) is 1. The van der Waals surface area contributed by atoms with Crippen molar-refractivity contribution in [3.63, 3.8) is 0 Å². The van der Waals surface area contributed by atoms with Gasteiger partial charge in [0.2, 0.25) is 5.91 Å². The van der Waals surface area contributed by atoms with Crippen LogP contribution in [-0.2, 0) is 6.54 Å². The van der Waals surface area contributed by atoms with Crippen molar-refractivity contribution in [1.29, 1.82) is 0 Å². The zero-order chi connectivity index (χ0) is 14.5. The van der Waals surface area contributed by atoms with Gasteiger partial charge in [-0.2, -0.15) is 0 Å². The van der Waals surface area contributed by atoms with Gasteiger partial charge in [0.1, 0.15) is 0 Å². The van der Waals surface area contributed by atoms with Crippen LogP contribution < -0.4 is 11.1 Å². The maximum Gasteiger partial charge on any atom is 0.248 e. The van der Waals surface area contributed by atoms with Crippen molar-refractivity contribution in [1.82, 2.24) is 5.32 Å². The van der Waals surface area contributed by atoms with E-state index in [1.807, 2.05) is 36.4 Å². The number of primary amides is 1. The summed E-state index contributed by atoms with van der Waals surface area (Å²) in [5.41, 5.74) is 7.89. The van der Waals surface area contributed by atoms with E-state index in [9.17, 15) is 4.79 Å². The number of rotatable bonds is 5. The number of carbonyl (C=O) groups excluding carboxylic acids is 1. The monoisotopic (exact) mass is 288 g/mol. The maximum absolute atomic E-state index is 11.0. The fourth-order valence-electron chi connectivity index (χ4n) is 1.99. The molecule has 2 aromatic rings. The quantitative estimate of drug-likeness (QED) is 0.887. The Labute approximate surface area is 123 Å². The van der Waals surface area contributed by atoms with Crippen molar-refractivity contribution in [2.75, 3.05) is 0 Å². The lowest BCUT2D eigenvalue weighted by atomic mass is 10.1. The van der Waals surface area contributed by atoms with Gasteiger partial charge in [-0.25, -0.2) is 0 Å². The SMILES string of the molecule is C[C@H](NCc1ccc(C(N)=O)cc1)c1ccccc1Cl. The molecule has 0 aromatic heterocycles. The second-order valence-corrected chi connectivity index (χ2v) is 5.09. The summed E-state index contributed by atoms with van der Waals surface area (Å²) in [7, 11) is 0. The van der Waals surface area contributed by atoms with Gasteiger partial charge in [-0.3, -0.25) is 4.79 Å². The molecule has 0 heterocycles. The molecular formula is C16H17ClN2O. The van der Waals surface area contributed by atoms with E-state index in [0.29, 0.717) is 12.1 Å². The predicted molar refractivity (Wildman–Crippen MR) is 81.7 cm³/mol. The summed E-state index contributed by atoms with van der Waals surface area (Å²) in [4.78, 5) is 11.0. The van der Waals surface area contributed by atoms with E-state index in [-0.39, 0.29) is 6.04 Å². The Balaban J connectivity index is 1.98. The Morgan fingerprint density at radius 3 is 2.45 bits per heavy atom. The Morgan fingerprint density at radius 1 is 1.20 bits per heavy atom. The fraction of sp³-hybridized carbons (Fsp3) is 0.188. The third-order valence-electron chi connectivity index (χ3n) is 3.22. The molecule has 3 nitrogen and oxygen atoms in total. The van der Waals surface area contributed by atoms with Crippen LogP contribution in [0.15, 0.2) is 48.5 Å². The van der Waals surface area contributed by atoms with Crippen LogP contribution in [0.3, 0.4) is 0 Å². The molecule has 2 rings (SSSR count). The van der Waals surface area contributed by atoms with Gasteiger partial charge in [-0.15, -0.1) is 0 Å². The van der Waals surface area contributed by atoms with Crippen LogP contribution >= 0.6 is 11.6 Å². The first kappa shape index (κ1) is 14.6. The minimum atomic E-state index is -0.408. The molecule has 0 aliphatic heterocycles. The van der Waals surface area contributed by atoms with Gasteiger partial charge in [0.15, 0.2) is 0 Å². The molecule has 0 saturated carbocycles. The lowest BCUT2D eigenvalue weighted by Gasteiger charge is -2.15. The zero-order valence-corrected chi connectivity index (χ0v) is 12.0. The van der Waals surface area contributed by atoms with E-state index in [1.165, 1.54) is 0 Å². The van der Waals surface area contributed by atoms with Gasteiger partial charge in [-0.05, 0) is 36.2 Å². The molecule has 0 aliphatic rings. The average molecular weight is 289 g/mol. The standard InChI is InChI=1S/C16H17ClN2O/c1-11(14-4-2-3-5-15(14)17)19-10-12-6-8-13(9-7-12)16(18)20/h2-9,11,19H,10H2,1H3,(H2,18,20)/t11-/m0/s1. The first-order valence-electron chi connectivity index (χ1n) is 6.44. The molecule has 0 radical (unpaired) electrons. The van der Waals surface area contributed by atoms with E-state index in [0.717, 1.165) is 16.1 Å². The van der Waals surface area contributed by atoms with Crippen LogP contribution in [0.1, 0.15) is 34.5 Å². The summed E-state index contributed by atoms with van der Waals surface area (Å²) in [5, 5.41) is 4.16. The molecule has 1 amide bonds.